The first kappa shape index (κ1) is 12.6. The van der Waals surface area contributed by atoms with E-state index in [1.54, 1.807) is 0 Å². The number of ketones is 1. The Morgan fingerprint density at radius 1 is 1.29 bits per heavy atom. The van der Waals surface area contributed by atoms with Crippen LogP contribution in [-0.4, -0.2) is 36.2 Å². The number of primary amides is 1. The maximum Gasteiger partial charge on any atom is 0.220 e. The molecule has 2 N–H and O–H groups in total. The minimum atomic E-state index is -0.157. The van der Waals surface area contributed by atoms with Gasteiger partial charge in [0.25, 0.3) is 0 Å². The van der Waals surface area contributed by atoms with Crippen LogP contribution in [0.5, 0.6) is 0 Å². The second kappa shape index (κ2) is 5.63. The van der Waals surface area contributed by atoms with Crippen LogP contribution in [0, 0.1) is 11.8 Å². The molecule has 1 saturated heterocycles. The summed E-state index contributed by atoms with van der Waals surface area (Å²) >= 11 is 0. The summed E-state index contributed by atoms with van der Waals surface area (Å²) in [6.45, 7) is 2.91. The highest BCUT2D eigenvalue weighted by Crippen LogP contribution is 2.25. The van der Waals surface area contributed by atoms with Crippen LogP contribution in [0.1, 0.15) is 38.5 Å². The monoisotopic (exact) mass is 238 g/mol. The highest BCUT2D eigenvalue weighted by molar-refractivity contribution is 5.82. The van der Waals surface area contributed by atoms with Crippen LogP contribution in [0.4, 0.5) is 0 Å². The van der Waals surface area contributed by atoms with Gasteiger partial charge in [0.05, 0.1) is 0 Å². The molecule has 17 heavy (non-hydrogen) atoms. The van der Waals surface area contributed by atoms with Gasteiger partial charge in [-0.2, -0.15) is 0 Å². The molecule has 2 aliphatic rings. The van der Waals surface area contributed by atoms with Crippen molar-refractivity contribution in [1.29, 1.82) is 0 Å². The van der Waals surface area contributed by atoms with Crippen LogP contribution in [0.2, 0.25) is 0 Å². The van der Waals surface area contributed by atoms with Gasteiger partial charge in [-0.25, -0.2) is 0 Å². The molecular weight excluding hydrogens is 216 g/mol. The lowest BCUT2D eigenvalue weighted by Gasteiger charge is -2.30. The van der Waals surface area contributed by atoms with E-state index < -0.39 is 0 Å². The van der Waals surface area contributed by atoms with E-state index in [0.717, 1.165) is 58.2 Å². The van der Waals surface area contributed by atoms with E-state index in [2.05, 4.69) is 4.90 Å². The third-order valence-electron chi connectivity index (χ3n) is 4.21. The maximum absolute atomic E-state index is 11.5. The van der Waals surface area contributed by atoms with Gasteiger partial charge in [0.15, 0.2) is 0 Å². The van der Waals surface area contributed by atoms with Crippen LogP contribution in [0.15, 0.2) is 0 Å². The van der Waals surface area contributed by atoms with Gasteiger partial charge in [0, 0.05) is 18.3 Å². The Labute approximate surface area is 103 Å². The molecule has 0 aromatic heterocycles. The molecule has 1 atom stereocenters. The normalized spacial score (nSPS) is 27.5. The Balaban J connectivity index is 1.68. The molecule has 96 valence electrons. The van der Waals surface area contributed by atoms with E-state index in [0.29, 0.717) is 11.7 Å². The molecule has 2 fully saturated rings. The smallest absolute Gasteiger partial charge is 0.220 e. The van der Waals surface area contributed by atoms with Crippen molar-refractivity contribution < 1.29 is 9.59 Å². The Kier molecular flexibility index (Phi) is 4.15. The molecular formula is C13H22N2O2. The fourth-order valence-electron chi connectivity index (χ4n) is 2.97. The first-order chi connectivity index (χ1) is 8.16. The van der Waals surface area contributed by atoms with Crippen LogP contribution in [-0.2, 0) is 9.59 Å². The lowest BCUT2D eigenvalue weighted by atomic mass is 9.95. The lowest BCUT2D eigenvalue weighted by molar-refractivity contribution is -0.123. The predicted octanol–water partition coefficient (Wildman–Crippen LogP) is 0.943. The SMILES string of the molecule is NC(=O)C1CCN(CCC2CCCC2=O)CC1. The molecule has 1 aliphatic heterocycles. The number of hydrogen-bond acceptors (Lipinski definition) is 3. The summed E-state index contributed by atoms with van der Waals surface area (Å²) in [5.41, 5.74) is 5.30. The summed E-state index contributed by atoms with van der Waals surface area (Å²) in [4.78, 5) is 24.9. The van der Waals surface area contributed by atoms with Gasteiger partial charge < -0.3 is 10.6 Å². The van der Waals surface area contributed by atoms with Crippen LogP contribution in [0.3, 0.4) is 0 Å². The molecule has 1 aliphatic carbocycles. The molecule has 0 spiro atoms. The van der Waals surface area contributed by atoms with Crippen LogP contribution in [0.25, 0.3) is 0 Å². The van der Waals surface area contributed by atoms with Crippen LogP contribution >= 0.6 is 0 Å². The molecule has 0 aromatic carbocycles. The Bertz CT molecular complexity index is 296. The average molecular weight is 238 g/mol. The summed E-state index contributed by atoms with van der Waals surface area (Å²) in [6.07, 6.45) is 5.71. The van der Waals surface area contributed by atoms with Crippen molar-refractivity contribution in [2.45, 2.75) is 38.5 Å². The summed E-state index contributed by atoms with van der Waals surface area (Å²) in [5.74, 6) is 0.677. The Hall–Kier alpha value is -0.900. The maximum atomic E-state index is 11.5. The summed E-state index contributed by atoms with van der Waals surface area (Å²) in [7, 11) is 0. The van der Waals surface area contributed by atoms with Gasteiger partial charge >= 0.3 is 0 Å². The largest absolute Gasteiger partial charge is 0.369 e. The molecule has 4 heteroatoms. The zero-order valence-corrected chi connectivity index (χ0v) is 10.4. The number of carbonyl (C=O) groups excluding carboxylic acids is 2. The van der Waals surface area contributed by atoms with E-state index in [4.69, 9.17) is 5.73 Å². The topological polar surface area (TPSA) is 63.4 Å². The summed E-state index contributed by atoms with van der Waals surface area (Å²) in [6, 6.07) is 0. The van der Waals surface area contributed by atoms with E-state index in [9.17, 15) is 9.59 Å². The first-order valence-corrected chi connectivity index (χ1v) is 6.71. The molecule has 1 unspecified atom stereocenters. The second-order valence-electron chi connectivity index (χ2n) is 5.36. The van der Waals surface area contributed by atoms with Gasteiger partial charge in [-0.3, -0.25) is 9.59 Å². The average Bonchev–Trinajstić information content (AvgIpc) is 2.73. The Morgan fingerprint density at radius 2 is 2.00 bits per heavy atom. The lowest BCUT2D eigenvalue weighted by Crippen LogP contribution is -2.39. The van der Waals surface area contributed by atoms with Crippen molar-refractivity contribution in [2.75, 3.05) is 19.6 Å². The number of carbonyl (C=O) groups is 2. The molecule has 1 saturated carbocycles. The highest BCUT2D eigenvalue weighted by Gasteiger charge is 2.26. The van der Waals surface area contributed by atoms with Crippen molar-refractivity contribution in [2.24, 2.45) is 17.6 Å². The summed E-state index contributed by atoms with van der Waals surface area (Å²) < 4.78 is 0. The molecule has 0 bridgehead atoms. The molecule has 1 amide bonds. The van der Waals surface area contributed by atoms with Gasteiger partial charge in [-0.05, 0) is 51.7 Å². The van der Waals surface area contributed by atoms with Crippen molar-refractivity contribution in [1.82, 2.24) is 4.90 Å². The van der Waals surface area contributed by atoms with Crippen molar-refractivity contribution >= 4 is 11.7 Å². The number of hydrogen-bond donors (Lipinski definition) is 1. The minimum absolute atomic E-state index is 0.0689. The van der Waals surface area contributed by atoms with E-state index in [1.165, 1.54) is 0 Å². The molecule has 2 rings (SSSR count). The minimum Gasteiger partial charge on any atom is -0.369 e. The number of rotatable bonds is 4. The summed E-state index contributed by atoms with van der Waals surface area (Å²) in [5, 5.41) is 0. The van der Waals surface area contributed by atoms with Crippen molar-refractivity contribution in [3.63, 3.8) is 0 Å². The van der Waals surface area contributed by atoms with Crippen molar-refractivity contribution in [3.05, 3.63) is 0 Å². The number of amides is 1. The molecule has 1 heterocycles. The zero-order valence-electron chi connectivity index (χ0n) is 10.4. The first-order valence-electron chi connectivity index (χ1n) is 6.71. The quantitative estimate of drug-likeness (QED) is 0.793. The number of nitrogens with zero attached hydrogens (tertiary/aromatic N) is 1. The van der Waals surface area contributed by atoms with E-state index in [1.807, 2.05) is 0 Å². The van der Waals surface area contributed by atoms with Gasteiger partial charge in [0.1, 0.15) is 5.78 Å². The van der Waals surface area contributed by atoms with E-state index >= 15 is 0 Å². The Morgan fingerprint density at radius 3 is 2.53 bits per heavy atom. The standard InChI is InChI=1S/C13H22N2O2/c14-13(17)11-5-8-15(9-6-11)7-4-10-2-1-3-12(10)16/h10-11H,1-9H2,(H2,14,17). The fourth-order valence-corrected chi connectivity index (χ4v) is 2.97. The molecule has 4 nitrogen and oxygen atoms in total. The number of Topliss-reactive ketones (excluding diaryl/α,β-unsaturated/α-hetero) is 1. The third-order valence-corrected chi connectivity index (χ3v) is 4.21. The molecule has 0 radical (unpaired) electrons. The number of likely N-dealkylation sites (tertiary alicyclic amines) is 1. The highest BCUT2D eigenvalue weighted by atomic mass is 16.1. The van der Waals surface area contributed by atoms with Gasteiger partial charge in [-0.15, -0.1) is 0 Å². The second-order valence-corrected chi connectivity index (χ2v) is 5.36. The number of nitrogens with two attached hydrogens (primary N) is 1. The van der Waals surface area contributed by atoms with Gasteiger partial charge in [-0.1, -0.05) is 0 Å². The molecule has 0 aromatic rings. The predicted molar refractivity (Wildman–Crippen MR) is 65.3 cm³/mol. The zero-order chi connectivity index (χ0) is 12.3. The van der Waals surface area contributed by atoms with Gasteiger partial charge in [0.2, 0.25) is 5.91 Å². The van der Waals surface area contributed by atoms with E-state index in [-0.39, 0.29) is 11.8 Å². The third kappa shape index (κ3) is 3.28. The van der Waals surface area contributed by atoms with Crippen LogP contribution < -0.4 is 5.73 Å². The van der Waals surface area contributed by atoms with Crippen molar-refractivity contribution in [3.8, 4) is 0 Å². The number of piperidine rings is 1. The fraction of sp³-hybridized carbons (Fsp3) is 0.846.